The SMILES string of the molecule is O=C(NCCCN1CCN(c2cccc(C(F)(F)F)c2)CC1)c1ccsc1. The molecule has 1 amide bonds. The van der Waals surface area contributed by atoms with Gasteiger partial charge in [-0.3, -0.25) is 9.69 Å². The number of thiophene rings is 1. The van der Waals surface area contributed by atoms with Crippen LogP contribution in [0, 0.1) is 0 Å². The van der Waals surface area contributed by atoms with Crippen LogP contribution in [0.3, 0.4) is 0 Å². The van der Waals surface area contributed by atoms with Crippen molar-refractivity contribution in [2.24, 2.45) is 0 Å². The molecule has 4 nitrogen and oxygen atoms in total. The zero-order valence-electron chi connectivity index (χ0n) is 14.8. The lowest BCUT2D eigenvalue weighted by Gasteiger charge is -2.36. The molecule has 1 aromatic heterocycles. The average molecular weight is 397 g/mol. The first-order chi connectivity index (χ1) is 12.9. The number of rotatable bonds is 6. The Morgan fingerprint density at radius 3 is 2.59 bits per heavy atom. The molecule has 2 aromatic rings. The van der Waals surface area contributed by atoms with E-state index in [1.165, 1.54) is 23.5 Å². The molecule has 8 heteroatoms. The number of anilines is 1. The van der Waals surface area contributed by atoms with Gasteiger partial charge in [0.1, 0.15) is 0 Å². The van der Waals surface area contributed by atoms with Crippen LogP contribution >= 0.6 is 11.3 Å². The highest BCUT2D eigenvalue weighted by molar-refractivity contribution is 7.08. The van der Waals surface area contributed by atoms with Gasteiger partial charge in [-0.1, -0.05) is 6.07 Å². The summed E-state index contributed by atoms with van der Waals surface area (Å²) in [5.41, 5.74) is 0.700. The van der Waals surface area contributed by atoms with Gasteiger partial charge in [0.2, 0.25) is 0 Å². The molecule has 1 aromatic carbocycles. The topological polar surface area (TPSA) is 35.6 Å². The van der Waals surface area contributed by atoms with E-state index in [1.54, 1.807) is 12.1 Å². The van der Waals surface area contributed by atoms with Crippen LogP contribution in [0.4, 0.5) is 18.9 Å². The summed E-state index contributed by atoms with van der Waals surface area (Å²) in [6.07, 6.45) is -3.47. The normalized spacial score (nSPS) is 15.7. The van der Waals surface area contributed by atoms with Crippen molar-refractivity contribution in [1.82, 2.24) is 10.2 Å². The number of hydrogen-bond acceptors (Lipinski definition) is 4. The summed E-state index contributed by atoms with van der Waals surface area (Å²) in [5.74, 6) is -0.0504. The minimum absolute atomic E-state index is 0.0504. The summed E-state index contributed by atoms with van der Waals surface area (Å²) in [7, 11) is 0. The number of carbonyl (C=O) groups excluding carboxylic acids is 1. The maximum atomic E-state index is 12.9. The van der Waals surface area contributed by atoms with Gasteiger partial charge in [0.05, 0.1) is 5.56 Å². The minimum atomic E-state index is -4.31. The van der Waals surface area contributed by atoms with Crippen LogP contribution in [-0.2, 0) is 6.18 Å². The molecular weight excluding hydrogens is 375 g/mol. The lowest BCUT2D eigenvalue weighted by Crippen LogP contribution is -2.47. The number of halogens is 3. The number of benzene rings is 1. The molecule has 2 heterocycles. The van der Waals surface area contributed by atoms with Crippen LogP contribution in [0.5, 0.6) is 0 Å². The van der Waals surface area contributed by atoms with Gasteiger partial charge in [-0.15, -0.1) is 0 Å². The lowest BCUT2D eigenvalue weighted by atomic mass is 10.1. The highest BCUT2D eigenvalue weighted by Gasteiger charge is 2.31. The van der Waals surface area contributed by atoms with Gasteiger partial charge < -0.3 is 10.2 Å². The van der Waals surface area contributed by atoms with E-state index in [0.29, 0.717) is 30.9 Å². The Balaban J connectivity index is 1.40. The number of amides is 1. The molecule has 0 aliphatic carbocycles. The molecule has 1 aliphatic rings. The van der Waals surface area contributed by atoms with Gasteiger partial charge in [-0.05, 0) is 42.6 Å². The Kier molecular flexibility index (Phi) is 6.38. The van der Waals surface area contributed by atoms with E-state index < -0.39 is 11.7 Å². The van der Waals surface area contributed by atoms with Gasteiger partial charge in [-0.25, -0.2) is 0 Å². The zero-order valence-corrected chi connectivity index (χ0v) is 15.7. The van der Waals surface area contributed by atoms with Crippen molar-refractivity contribution >= 4 is 22.9 Å². The van der Waals surface area contributed by atoms with Gasteiger partial charge in [0.25, 0.3) is 5.91 Å². The third-order valence-electron chi connectivity index (χ3n) is 4.63. The van der Waals surface area contributed by atoms with Crippen LogP contribution < -0.4 is 10.2 Å². The third kappa shape index (κ3) is 5.46. The van der Waals surface area contributed by atoms with Crippen LogP contribution in [0.2, 0.25) is 0 Å². The predicted molar refractivity (Wildman–Crippen MR) is 101 cm³/mol. The fourth-order valence-corrected chi connectivity index (χ4v) is 3.74. The third-order valence-corrected chi connectivity index (χ3v) is 5.31. The molecule has 146 valence electrons. The second kappa shape index (κ2) is 8.75. The van der Waals surface area contributed by atoms with Crippen molar-refractivity contribution in [3.63, 3.8) is 0 Å². The summed E-state index contributed by atoms with van der Waals surface area (Å²) < 4.78 is 38.6. The number of piperazine rings is 1. The summed E-state index contributed by atoms with van der Waals surface area (Å²) in [6.45, 7) is 4.47. The highest BCUT2D eigenvalue weighted by atomic mass is 32.1. The molecular formula is C19H22F3N3OS. The van der Waals surface area contributed by atoms with Gasteiger partial charge in [0, 0.05) is 49.4 Å². The summed E-state index contributed by atoms with van der Waals surface area (Å²) >= 11 is 1.49. The first-order valence-corrected chi connectivity index (χ1v) is 9.83. The first kappa shape index (κ1) is 19.7. The Labute approximate surface area is 160 Å². The smallest absolute Gasteiger partial charge is 0.369 e. The van der Waals surface area contributed by atoms with E-state index in [1.807, 2.05) is 15.7 Å². The molecule has 3 rings (SSSR count). The Morgan fingerprint density at radius 1 is 1.15 bits per heavy atom. The zero-order chi connectivity index (χ0) is 19.3. The molecule has 0 atom stereocenters. The number of nitrogens with one attached hydrogen (secondary N) is 1. The number of hydrogen-bond donors (Lipinski definition) is 1. The van der Waals surface area contributed by atoms with Crippen molar-refractivity contribution in [1.29, 1.82) is 0 Å². The molecule has 1 fully saturated rings. The second-order valence-electron chi connectivity index (χ2n) is 6.50. The minimum Gasteiger partial charge on any atom is -0.369 e. The summed E-state index contributed by atoms with van der Waals surface area (Å²) in [4.78, 5) is 16.1. The fraction of sp³-hybridized carbons (Fsp3) is 0.421. The van der Waals surface area contributed by atoms with E-state index in [2.05, 4.69) is 10.2 Å². The molecule has 1 saturated heterocycles. The van der Waals surface area contributed by atoms with E-state index in [9.17, 15) is 18.0 Å². The van der Waals surface area contributed by atoms with Gasteiger partial charge in [-0.2, -0.15) is 24.5 Å². The van der Waals surface area contributed by atoms with Gasteiger partial charge >= 0.3 is 6.18 Å². The lowest BCUT2D eigenvalue weighted by molar-refractivity contribution is -0.137. The van der Waals surface area contributed by atoms with Crippen LogP contribution in [0.15, 0.2) is 41.1 Å². The summed E-state index contributed by atoms with van der Waals surface area (Å²) in [5, 5.41) is 6.60. The largest absolute Gasteiger partial charge is 0.416 e. The highest BCUT2D eigenvalue weighted by Crippen LogP contribution is 2.31. The number of alkyl halides is 3. The van der Waals surface area contributed by atoms with Crippen molar-refractivity contribution in [2.75, 3.05) is 44.2 Å². The predicted octanol–water partition coefficient (Wildman–Crippen LogP) is 3.71. The van der Waals surface area contributed by atoms with E-state index >= 15 is 0 Å². The maximum Gasteiger partial charge on any atom is 0.416 e. The second-order valence-corrected chi connectivity index (χ2v) is 7.28. The molecule has 0 spiro atoms. The molecule has 0 unspecified atom stereocenters. The Bertz CT molecular complexity index is 741. The van der Waals surface area contributed by atoms with Gasteiger partial charge in [0.15, 0.2) is 0 Å². The quantitative estimate of drug-likeness (QED) is 0.755. The van der Waals surface area contributed by atoms with Crippen LogP contribution in [0.25, 0.3) is 0 Å². The molecule has 0 bridgehead atoms. The van der Waals surface area contributed by atoms with E-state index in [-0.39, 0.29) is 5.91 Å². The average Bonchev–Trinajstić information content (AvgIpc) is 3.20. The standard InChI is InChI=1S/C19H22F3N3OS/c20-19(21,22)16-3-1-4-17(13-16)25-10-8-24(9-11-25)7-2-6-23-18(26)15-5-12-27-14-15/h1,3-5,12-14H,2,6-11H2,(H,23,26). The Morgan fingerprint density at radius 2 is 1.93 bits per heavy atom. The fourth-order valence-electron chi connectivity index (χ4n) is 3.11. The van der Waals surface area contributed by atoms with E-state index in [0.717, 1.165) is 32.1 Å². The molecule has 1 N–H and O–H groups in total. The molecule has 0 radical (unpaired) electrons. The molecule has 27 heavy (non-hydrogen) atoms. The van der Waals surface area contributed by atoms with E-state index in [4.69, 9.17) is 0 Å². The summed E-state index contributed by atoms with van der Waals surface area (Å²) in [6, 6.07) is 7.30. The van der Waals surface area contributed by atoms with Crippen molar-refractivity contribution in [2.45, 2.75) is 12.6 Å². The molecule has 1 aliphatic heterocycles. The number of nitrogens with zero attached hydrogens (tertiary/aromatic N) is 2. The first-order valence-electron chi connectivity index (χ1n) is 8.88. The van der Waals surface area contributed by atoms with Crippen molar-refractivity contribution < 1.29 is 18.0 Å². The van der Waals surface area contributed by atoms with Crippen molar-refractivity contribution in [3.8, 4) is 0 Å². The number of carbonyl (C=O) groups is 1. The monoisotopic (exact) mass is 397 g/mol. The molecule has 0 saturated carbocycles. The maximum absolute atomic E-state index is 12.9. The van der Waals surface area contributed by atoms with Crippen molar-refractivity contribution in [3.05, 3.63) is 52.2 Å². The Hall–Kier alpha value is -2.06. The van der Waals surface area contributed by atoms with Crippen LogP contribution in [-0.4, -0.2) is 50.1 Å². The van der Waals surface area contributed by atoms with Crippen LogP contribution in [0.1, 0.15) is 22.3 Å².